The maximum atomic E-state index is 12.1. The SMILES string of the molecule is NC(=O)CN(CC(N)=O)C(=O)CC1(C(=O)O)CCCC1. The predicted molar refractivity (Wildman–Crippen MR) is 68.1 cm³/mol. The Labute approximate surface area is 116 Å². The Hall–Kier alpha value is -2.12. The molecule has 0 radical (unpaired) electrons. The standard InChI is InChI=1S/C12H19N3O5/c13-8(16)6-15(7-9(14)17)10(18)5-12(11(19)20)3-1-2-4-12/h1-7H2,(H2,13,16)(H2,14,17)(H,19,20). The molecule has 0 saturated heterocycles. The number of aliphatic carboxylic acids is 1. The fourth-order valence-electron chi connectivity index (χ4n) is 2.53. The first kappa shape index (κ1) is 15.9. The summed E-state index contributed by atoms with van der Waals surface area (Å²) in [5.74, 6) is -3.18. The largest absolute Gasteiger partial charge is 0.481 e. The van der Waals surface area contributed by atoms with Crippen LogP contribution in [0.4, 0.5) is 0 Å². The van der Waals surface area contributed by atoms with Crippen LogP contribution in [0.1, 0.15) is 32.1 Å². The van der Waals surface area contributed by atoms with E-state index in [0.29, 0.717) is 12.8 Å². The van der Waals surface area contributed by atoms with Gasteiger partial charge in [0, 0.05) is 6.42 Å². The van der Waals surface area contributed by atoms with E-state index in [0.717, 1.165) is 17.7 Å². The molecule has 1 rings (SSSR count). The first-order chi connectivity index (χ1) is 9.27. The van der Waals surface area contributed by atoms with Crippen LogP contribution in [0.15, 0.2) is 0 Å². The van der Waals surface area contributed by atoms with Crippen LogP contribution in [0.25, 0.3) is 0 Å². The molecule has 0 spiro atoms. The van der Waals surface area contributed by atoms with E-state index in [2.05, 4.69) is 0 Å². The Morgan fingerprint density at radius 1 is 1.00 bits per heavy atom. The van der Waals surface area contributed by atoms with Gasteiger partial charge in [-0.25, -0.2) is 0 Å². The Morgan fingerprint density at radius 3 is 1.80 bits per heavy atom. The van der Waals surface area contributed by atoms with Gasteiger partial charge in [-0.15, -0.1) is 0 Å². The summed E-state index contributed by atoms with van der Waals surface area (Å²) in [4.78, 5) is 46.2. The number of carboxylic acid groups (broad SMARTS) is 1. The van der Waals surface area contributed by atoms with Crippen molar-refractivity contribution in [3.63, 3.8) is 0 Å². The zero-order chi connectivity index (χ0) is 15.3. The van der Waals surface area contributed by atoms with E-state index >= 15 is 0 Å². The van der Waals surface area contributed by atoms with Crippen molar-refractivity contribution in [1.29, 1.82) is 0 Å². The Bertz CT molecular complexity index is 413. The molecular weight excluding hydrogens is 266 g/mol. The molecule has 20 heavy (non-hydrogen) atoms. The Kier molecular flexibility index (Phi) is 5.06. The van der Waals surface area contributed by atoms with Gasteiger partial charge in [-0.05, 0) is 12.8 Å². The summed E-state index contributed by atoms with van der Waals surface area (Å²) in [6.07, 6.45) is 2.06. The number of primary amides is 2. The van der Waals surface area contributed by atoms with Crippen LogP contribution >= 0.6 is 0 Å². The summed E-state index contributed by atoms with van der Waals surface area (Å²) in [5, 5.41) is 9.30. The van der Waals surface area contributed by atoms with Crippen LogP contribution in [0.5, 0.6) is 0 Å². The second-order valence-electron chi connectivity index (χ2n) is 5.15. The third kappa shape index (κ3) is 3.94. The molecule has 0 unspecified atom stereocenters. The molecule has 0 aromatic carbocycles. The van der Waals surface area contributed by atoms with Crippen LogP contribution < -0.4 is 11.5 Å². The minimum Gasteiger partial charge on any atom is -0.481 e. The molecule has 112 valence electrons. The minimum absolute atomic E-state index is 0.247. The van der Waals surface area contributed by atoms with Gasteiger partial charge in [0.1, 0.15) is 0 Å². The number of nitrogens with zero attached hydrogens (tertiary/aromatic N) is 1. The van der Waals surface area contributed by atoms with Gasteiger partial charge < -0.3 is 21.5 Å². The van der Waals surface area contributed by atoms with Crippen LogP contribution in [-0.2, 0) is 19.2 Å². The van der Waals surface area contributed by atoms with Crippen molar-refractivity contribution in [3.8, 4) is 0 Å². The van der Waals surface area contributed by atoms with Crippen LogP contribution in [0, 0.1) is 5.41 Å². The van der Waals surface area contributed by atoms with Crippen LogP contribution in [0.2, 0.25) is 0 Å². The number of hydrogen-bond donors (Lipinski definition) is 3. The monoisotopic (exact) mass is 285 g/mol. The van der Waals surface area contributed by atoms with Crippen molar-refractivity contribution in [2.75, 3.05) is 13.1 Å². The molecular formula is C12H19N3O5. The highest BCUT2D eigenvalue weighted by Crippen LogP contribution is 2.41. The van der Waals surface area contributed by atoms with E-state index in [4.69, 9.17) is 11.5 Å². The van der Waals surface area contributed by atoms with Gasteiger partial charge in [0.25, 0.3) is 0 Å². The summed E-state index contributed by atoms with van der Waals surface area (Å²) in [6, 6.07) is 0. The average molecular weight is 285 g/mol. The number of rotatable bonds is 7. The van der Waals surface area contributed by atoms with Gasteiger partial charge in [0.15, 0.2) is 0 Å². The van der Waals surface area contributed by atoms with E-state index < -0.39 is 42.2 Å². The zero-order valence-electron chi connectivity index (χ0n) is 11.1. The zero-order valence-corrected chi connectivity index (χ0v) is 11.1. The predicted octanol–water partition coefficient (Wildman–Crippen LogP) is -1.18. The van der Waals surface area contributed by atoms with Gasteiger partial charge in [0.2, 0.25) is 17.7 Å². The minimum atomic E-state index is -1.11. The maximum absolute atomic E-state index is 12.1. The van der Waals surface area contributed by atoms with E-state index in [1.807, 2.05) is 0 Å². The molecule has 1 saturated carbocycles. The van der Waals surface area contributed by atoms with Gasteiger partial charge in [-0.2, -0.15) is 0 Å². The lowest BCUT2D eigenvalue weighted by molar-refractivity contribution is -0.153. The highest BCUT2D eigenvalue weighted by Gasteiger charge is 2.44. The molecule has 0 bridgehead atoms. The molecule has 0 aromatic rings. The van der Waals surface area contributed by atoms with Crippen LogP contribution in [-0.4, -0.2) is 46.8 Å². The fraction of sp³-hybridized carbons (Fsp3) is 0.667. The van der Waals surface area contributed by atoms with E-state index in [1.54, 1.807) is 0 Å². The number of carboxylic acids is 1. The van der Waals surface area contributed by atoms with Gasteiger partial charge in [0.05, 0.1) is 18.5 Å². The molecule has 5 N–H and O–H groups in total. The van der Waals surface area contributed by atoms with E-state index in [-0.39, 0.29) is 6.42 Å². The number of hydrogen-bond acceptors (Lipinski definition) is 4. The molecule has 1 aliphatic rings. The molecule has 8 heteroatoms. The second kappa shape index (κ2) is 6.36. The molecule has 1 aliphatic carbocycles. The molecule has 0 aliphatic heterocycles. The number of carbonyl (C=O) groups is 4. The second-order valence-corrected chi connectivity index (χ2v) is 5.15. The third-order valence-electron chi connectivity index (χ3n) is 3.55. The molecule has 1 fully saturated rings. The van der Waals surface area contributed by atoms with Crippen molar-refractivity contribution in [2.45, 2.75) is 32.1 Å². The first-order valence-corrected chi connectivity index (χ1v) is 6.34. The summed E-state index contributed by atoms with van der Waals surface area (Å²) < 4.78 is 0. The van der Waals surface area contributed by atoms with Crippen molar-refractivity contribution in [2.24, 2.45) is 16.9 Å². The summed E-state index contributed by atoms with van der Waals surface area (Å²) in [6.45, 7) is -0.894. The van der Waals surface area contributed by atoms with Crippen molar-refractivity contribution < 1.29 is 24.3 Å². The third-order valence-corrected chi connectivity index (χ3v) is 3.55. The van der Waals surface area contributed by atoms with E-state index in [9.17, 15) is 24.3 Å². The number of amides is 3. The summed E-state index contributed by atoms with van der Waals surface area (Å²) in [5.41, 5.74) is 8.91. The first-order valence-electron chi connectivity index (χ1n) is 6.34. The average Bonchev–Trinajstić information content (AvgIpc) is 2.76. The molecule has 0 aromatic heterocycles. The van der Waals surface area contributed by atoms with Gasteiger partial charge in [-0.1, -0.05) is 12.8 Å². The Morgan fingerprint density at radius 2 is 1.45 bits per heavy atom. The van der Waals surface area contributed by atoms with Crippen molar-refractivity contribution in [1.82, 2.24) is 4.90 Å². The van der Waals surface area contributed by atoms with Gasteiger partial charge in [-0.3, -0.25) is 19.2 Å². The number of carbonyl (C=O) groups excluding carboxylic acids is 3. The summed E-state index contributed by atoms with van der Waals surface area (Å²) in [7, 11) is 0. The number of nitrogens with two attached hydrogens (primary N) is 2. The highest BCUT2D eigenvalue weighted by atomic mass is 16.4. The lowest BCUT2D eigenvalue weighted by Gasteiger charge is -2.27. The molecule has 3 amide bonds. The van der Waals surface area contributed by atoms with Gasteiger partial charge >= 0.3 is 5.97 Å². The smallest absolute Gasteiger partial charge is 0.310 e. The van der Waals surface area contributed by atoms with E-state index in [1.165, 1.54) is 0 Å². The normalized spacial score (nSPS) is 16.6. The molecule has 0 heterocycles. The molecule has 8 nitrogen and oxygen atoms in total. The topological polar surface area (TPSA) is 144 Å². The van der Waals surface area contributed by atoms with Crippen LogP contribution in [0.3, 0.4) is 0 Å². The van der Waals surface area contributed by atoms with Crippen molar-refractivity contribution in [3.05, 3.63) is 0 Å². The Balaban J connectivity index is 2.80. The molecule has 0 atom stereocenters. The quantitative estimate of drug-likeness (QED) is 0.539. The highest BCUT2D eigenvalue weighted by molar-refractivity contribution is 5.90. The summed E-state index contributed by atoms with van der Waals surface area (Å²) >= 11 is 0. The lowest BCUT2D eigenvalue weighted by atomic mass is 9.82. The maximum Gasteiger partial charge on any atom is 0.310 e. The fourth-order valence-corrected chi connectivity index (χ4v) is 2.53. The lowest BCUT2D eigenvalue weighted by Crippen LogP contribution is -2.45. The van der Waals surface area contributed by atoms with Crippen molar-refractivity contribution >= 4 is 23.7 Å².